The zero-order valence-corrected chi connectivity index (χ0v) is 15.8. The van der Waals surface area contributed by atoms with Crippen LogP contribution in [0.25, 0.3) is 0 Å². The van der Waals surface area contributed by atoms with Crippen LogP contribution in [-0.4, -0.2) is 71.2 Å². The summed E-state index contributed by atoms with van der Waals surface area (Å²) in [7, 11) is -4.04. The maximum Gasteiger partial charge on any atom is 0.246 e. The first kappa shape index (κ1) is 18.0. The van der Waals surface area contributed by atoms with E-state index in [9.17, 15) is 16.8 Å². The number of aryl methyl sites for hydroxylation is 2. The van der Waals surface area contributed by atoms with E-state index in [2.05, 4.69) is 10.2 Å². The van der Waals surface area contributed by atoms with E-state index in [4.69, 9.17) is 0 Å². The molecule has 0 bridgehead atoms. The summed E-state index contributed by atoms with van der Waals surface area (Å²) < 4.78 is 56.1. The van der Waals surface area contributed by atoms with Crippen LogP contribution >= 0.6 is 0 Å². The molecule has 0 aliphatic carbocycles. The van der Waals surface area contributed by atoms with Gasteiger partial charge < -0.3 is 0 Å². The smallest absolute Gasteiger partial charge is 0.246 e. The van der Waals surface area contributed by atoms with Gasteiger partial charge in [0.2, 0.25) is 20.0 Å². The van der Waals surface area contributed by atoms with Crippen molar-refractivity contribution < 1.29 is 16.8 Å². The number of hydrogen-bond donors (Lipinski definition) is 0. The number of rotatable bonds is 4. The third-order valence-electron chi connectivity index (χ3n) is 4.32. The van der Waals surface area contributed by atoms with Crippen LogP contribution < -0.4 is 0 Å². The highest BCUT2D eigenvalue weighted by Crippen LogP contribution is 2.23. The van der Waals surface area contributed by atoms with Gasteiger partial charge in [-0.1, -0.05) is 0 Å². The average Bonchev–Trinajstić information content (AvgIpc) is 3.15. The Morgan fingerprint density at radius 3 is 1.88 bits per heavy atom. The Kier molecular flexibility index (Phi) is 4.47. The van der Waals surface area contributed by atoms with Gasteiger partial charge in [-0.2, -0.15) is 18.8 Å². The molecule has 0 amide bonds. The van der Waals surface area contributed by atoms with Gasteiger partial charge in [0.25, 0.3) is 0 Å². The molecule has 0 spiro atoms. The second-order valence-corrected chi connectivity index (χ2v) is 9.72. The lowest BCUT2D eigenvalue weighted by molar-refractivity contribution is 0.272. The molecule has 0 unspecified atom stereocenters. The molecule has 2 aromatic heterocycles. The minimum Gasteiger partial charge on any atom is -0.274 e. The molecule has 138 valence electrons. The molecule has 25 heavy (non-hydrogen) atoms. The van der Waals surface area contributed by atoms with Crippen molar-refractivity contribution >= 4 is 20.0 Å². The molecule has 0 saturated carbocycles. The summed E-state index contributed by atoms with van der Waals surface area (Å²) >= 11 is 0. The first-order chi connectivity index (χ1) is 11.6. The molecule has 3 rings (SSSR count). The Balaban J connectivity index is 1.77. The summed E-state index contributed by atoms with van der Waals surface area (Å²) in [5.74, 6) is 0. The van der Waals surface area contributed by atoms with Gasteiger partial charge in [-0.05, 0) is 6.92 Å². The van der Waals surface area contributed by atoms with Crippen molar-refractivity contribution in [3.05, 3.63) is 24.3 Å². The van der Waals surface area contributed by atoms with Gasteiger partial charge in [-0.3, -0.25) is 9.36 Å². The van der Waals surface area contributed by atoms with Crippen LogP contribution in [0.1, 0.15) is 5.69 Å². The first-order valence-corrected chi connectivity index (χ1v) is 10.5. The Bertz CT molecular complexity index is 984. The molecular formula is C13H20N6O4S2. The predicted octanol–water partition coefficient (Wildman–Crippen LogP) is -0.843. The topological polar surface area (TPSA) is 110 Å². The molecule has 1 fully saturated rings. The molecule has 1 aliphatic rings. The monoisotopic (exact) mass is 388 g/mol. The van der Waals surface area contributed by atoms with Crippen LogP contribution in [-0.2, 0) is 34.1 Å². The molecule has 0 atom stereocenters. The van der Waals surface area contributed by atoms with E-state index in [0.717, 1.165) is 0 Å². The van der Waals surface area contributed by atoms with Gasteiger partial charge in [0.05, 0.1) is 18.1 Å². The van der Waals surface area contributed by atoms with Crippen LogP contribution in [0.3, 0.4) is 0 Å². The minimum absolute atomic E-state index is 0.0930. The van der Waals surface area contributed by atoms with E-state index in [1.165, 1.54) is 36.6 Å². The highest BCUT2D eigenvalue weighted by molar-refractivity contribution is 7.89. The minimum atomic E-state index is -3.69. The number of hydrogen-bond acceptors (Lipinski definition) is 6. The lowest BCUT2D eigenvalue weighted by atomic mass is 10.4. The van der Waals surface area contributed by atoms with E-state index in [0.29, 0.717) is 5.69 Å². The number of aromatic nitrogens is 4. The maximum atomic E-state index is 12.7. The molecule has 10 nitrogen and oxygen atoms in total. The number of piperazine rings is 1. The second-order valence-electron chi connectivity index (χ2n) is 5.88. The molecule has 0 N–H and O–H groups in total. The third-order valence-corrected chi connectivity index (χ3v) is 8.18. The molecule has 0 radical (unpaired) electrons. The third kappa shape index (κ3) is 3.10. The molecule has 1 aliphatic heterocycles. The van der Waals surface area contributed by atoms with E-state index >= 15 is 0 Å². The molecule has 0 aromatic carbocycles. The fourth-order valence-electron chi connectivity index (χ4n) is 2.70. The highest BCUT2D eigenvalue weighted by atomic mass is 32.2. The maximum absolute atomic E-state index is 12.7. The van der Waals surface area contributed by atoms with Crippen molar-refractivity contribution in [3.63, 3.8) is 0 Å². The predicted molar refractivity (Wildman–Crippen MR) is 88.7 cm³/mol. The van der Waals surface area contributed by atoms with Crippen LogP contribution in [0.5, 0.6) is 0 Å². The van der Waals surface area contributed by atoms with Crippen molar-refractivity contribution in [2.75, 3.05) is 26.2 Å². The normalized spacial score (nSPS) is 17.9. The quantitative estimate of drug-likeness (QED) is 0.675. The summed E-state index contributed by atoms with van der Waals surface area (Å²) in [6.07, 6.45) is 4.04. The van der Waals surface area contributed by atoms with E-state index in [1.807, 2.05) is 0 Å². The van der Waals surface area contributed by atoms with Gasteiger partial charge in [0, 0.05) is 46.5 Å². The summed E-state index contributed by atoms with van der Waals surface area (Å²) in [6.45, 7) is 2.06. The highest BCUT2D eigenvalue weighted by Gasteiger charge is 2.35. The van der Waals surface area contributed by atoms with Gasteiger partial charge in [-0.25, -0.2) is 16.8 Å². The fraction of sp³-hybridized carbons (Fsp3) is 0.538. The van der Waals surface area contributed by atoms with Crippen LogP contribution in [0.4, 0.5) is 0 Å². The van der Waals surface area contributed by atoms with Crippen molar-refractivity contribution in [3.8, 4) is 0 Å². The molecule has 1 saturated heterocycles. The average molecular weight is 388 g/mol. The number of nitrogens with zero attached hydrogens (tertiary/aromatic N) is 6. The van der Waals surface area contributed by atoms with Crippen molar-refractivity contribution in [1.82, 2.24) is 28.2 Å². The summed E-state index contributed by atoms with van der Waals surface area (Å²) in [4.78, 5) is 0.257. The van der Waals surface area contributed by atoms with Crippen LogP contribution in [0.15, 0.2) is 28.4 Å². The zero-order valence-electron chi connectivity index (χ0n) is 14.2. The zero-order chi connectivity index (χ0) is 18.4. The largest absolute Gasteiger partial charge is 0.274 e. The Hall–Kier alpha value is -1.76. The van der Waals surface area contributed by atoms with Gasteiger partial charge in [0.15, 0.2) is 0 Å². The molecule has 12 heteroatoms. The SMILES string of the molecule is Cc1c(S(=O)(=O)N2CCN(S(=O)(=O)c3cnn(C)c3)CC2)cnn1C. The molecule has 3 heterocycles. The van der Waals surface area contributed by atoms with Gasteiger partial charge in [0.1, 0.15) is 9.79 Å². The van der Waals surface area contributed by atoms with Crippen LogP contribution in [0, 0.1) is 6.92 Å². The summed E-state index contributed by atoms with van der Waals surface area (Å²) in [5, 5.41) is 7.85. The Labute approximate surface area is 146 Å². The van der Waals surface area contributed by atoms with Crippen LogP contribution in [0.2, 0.25) is 0 Å². The van der Waals surface area contributed by atoms with Crippen molar-refractivity contribution in [1.29, 1.82) is 0 Å². The van der Waals surface area contributed by atoms with E-state index in [1.54, 1.807) is 21.0 Å². The van der Waals surface area contributed by atoms with Crippen molar-refractivity contribution in [2.45, 2.75) is 16.7 Å². The first-order valence-electron chi connectivity index (χ1n) is 7.61. The standard InChI is InChI=1S/C13H20N6O4S2/c1-11-13(9-15-17(11)3)25(22,23)19-6-4-18(5-7-19)24(20,21)12-8-14-16(2)10-12/h8-10H,4-7H2,1-3H3. The molecular weight excluding hydrogens is 368 g/mol. The lowest BCUT2D eigenvalue weighted by Gasteiger charge is -2.32. The van der Waals surface area contributed by atoms with Crippen molar-refractivity contribution in [2.24, 2.45) is 14.1 Å². The van der Waals surface area contributed by atoms with E-state index < -0.39 is 20.0 Å². The van der Waals surface area contributed by atoms with Gasteiger partial charge in [-0.15, -0.1) is 0 Å². The number of sulfonamides is 2. The Morgan fingerprint density at radius 1 is 0.880 bits per heavy atom. The lowest BCUT2D eigenvalue weighted by Crippen LogP contribution is -2.50. The van der Waals surface area contributed by atoms with E-state index in [-0.39, 0.29) is 36.0 Å². The Morgan fingerprint density at radius 2 is 1.44 bits per heavy atom. The fourth-order valence-corrected chi connectivity index (χ4v) is 5.72. The summed E-state index contributed by atoms with van der Waals surface area (Å²) in [6, 6.07) is 0. The summed E-state index contributed by atoms with van der Waals surface area (Å²) in [5.41, 5.74) is 0.547. The van der Waals surface area contributed by atoms with Gasteiger partial charge >= 0.3 is 0 Å². The molecule has 2 aromatic rings. The second kappa shape index (κ2) is 6.20.